The van der Waals surface area contributed by atoms with Crippen LogP contribution in [0.1, 0.15) is 24.2 Å². The van der Waals surface area contributed by atoms with Gasteiger partial charge in [-0.2, -0.15) is 0 Å². The molecule has 0 bridgehead atoms. The molecule has 0 spiro atoms. The van der Waals surface area contributed by atoms with Gasteiger partial charge in [-0.15, -0.1) is 0 Å². The van der Waals surface area contributed by atoms with Gasteiger partial charge in [0.05, 0.1) is 16.7 Å². The third-order valence-corrected chi connectivity index (χ3v) is 2.89. The molecule has 0 N–H and O–H groups in total. The summed E-state index contributed by atoms with van der Waals surface area (Å²) >= 11 is 11.4. The highest BCUT2D eigenvalue weighted by Crippen LogP contribution is 2.26. The van der Waals surface area contributed by atoms with Crippen molar-refractivity contribution >= 4 is 35.0 Å². The van der Waals surface area contributed by atoms with E-state index in [1.165, 1.54) is 13.0 Å². The van der Waals surface area contributed by atoms with E-state index in [2.05, 4.69) is 0 Å². The van der Waals surface area contributed by atoms with Crippen LogP contribution < -0.4 is 0 Å². The fraction of sp³-hybridized carbons (Fsp3) is 0.231. The van der Waals surface area contributed by atoms with E-state index >= 15 is 0 Å². The van der Waals surface area contributed by atoms with E-state index in [4.69, 9.17) is 27.9 Å². The highest BCUT2D eigenvalue weighted by Gasteiger charge is 2.23. The number of halogens is 3. The number of carbonyl (C=O) groups excluding carboxylic acids is 2. The van der Waals surface area contributed by atoms with Crippen LogP contribution in [0.25, 0.3) is 0 Å². The number of hydrogen-bond donors (Lipinski definition) is 0. The zero-order chi connectivity index (χ0) is 14.6. The van der Waals surface area contributed by atoms with Crippen LogP contribution in [0, 0.1) is 5.82 Å². The van der Waals surface area contributed by atoms with Crippen LogP contribution in [0.15, 0.2) is 23.8 Å². The molecule has 0 saturated heterocycles. The van der Waals surface area contributed by atoms with E-state index in [9.17, 15) is 14.0 Å². The summed E-state index contributed by atoms with van der Waals surface area (Å²) in [6, 6.07) is 2.01. The first-order valence-electron chi connectivity index (χ1n) is 5.45. The Morgan fingerprint density at radius 1 is 1.32 bits per heavy atom. The topological polar surface area (TPSA) is 43.4 Å². The van der Waals surface area contributed by atoms with Crippen molar-refractivity contribution in [1.82, 2.24) is 0 Å². The van der Waals surface area contributed by atoms with Crippen molar-refractivity contribution in [3.05, 3.63) is 45.2 Å². The summed E-state index contributed by atoms with van der Waals surface area (Å²) in [5, 5.41) is -0.222. The largest absolute Gasteiger partial charge is 0.462 e. The summed E-state index contributed by atoms with van der Waals surface area (Å²) in [4.78, 5) is 23.7. The molecule has 0 saturated carbocycles. The molecule has 102 valence electrons. The number of esters is 1. The Morgan fingerprint density at radius 3 is 2.47 bits per heavy atom. The number of carbonyl (C=O) groups is 2. The Labute approximate surface area is 120 Å². The molecule has 0 aromatic heterocycles. The first-order chi connectivity index (χ1) is 8.92. The molecule has 0 aliphatic heterocycles. The van der Waals surface area contributed by atoms with Crippen molar-refractivity contribution in [1.29, 1.82) is 0 Å². The molecular weight excluding hydrogens is 294 g/mol. The third kappa shape index (κ3) is 3.55. The van der Waals surface area contributed by atoms with Gasteiger partial charge in [-0.1, -0.05) is 29.3 Å². The number of hydrogen-bond acceptors (Lipinski definition) is 3. The lowest BCUT2D eigenvalue weighted by Crippen LogP contribution is -2.16. The number of ether oxygens (including phenoxy) is 1. The van der Waals surface area contributed by atoms with Gasteiger partial charge in [0.25, 0.3) is 0 Å². The molecule has 3 nitrogen and oxygen atoms in total. The van der Waals surface area contributed by atoms with Crippen molar-refractivity contribution in [3.8, 4) is 0 Å². The van der Waals surface area contributed by atoms with Crippen molar-refractivity contribution in [2.45, 2.75) is 13.8 Å². The van der Waals surface area contributed by atoms with Crippen LogP contribution in [-0.2, 0) is 9.53 Å². The quantitative estimate of drug-likeness (QED) is 0.212. The average Bonchev–Trinajstić information content (AvgIpc) is 2.34. The lowest BCUT2D eigenvalue weighted by molar-refractivity contribution is -0.138. The Balaban J connectivity index is 3.19. The van der Waals surface area contributed by atoms with E-state index in [0.29, 0.717) is 0 Å². The molecule has 0 aliphatic carbocycles. The van der Waals surface area contributed by atoms with Gasteiger partial charge in [0.15, 0.2) is 0 Å². The van der Waals surface area contributed by atoms with Crippen LogP contribution >= 0.6 is 23.2 Å². The van der Waals surface area contributed by atoms with Crippen molar-refractivity contribution < 1.29 is 18.7 Å². The summed E-state index contributed by atoms with van der Waals surface area (Å²) in [5.41, 5.74) is -0.338. The molecule has 0 fully saturated rings. The SMILES string of the molecule is C/C=C(/C(=O)OCC)C(=O)c1cc(F)c(Cl)cc1Cl. The average molecular weight is 305 g/mol. The molecule has 1 rings (SSSR count). The van der Waals surface area contributed by atoms with E-state index in [-0.39, 0.29) is 27.8 Å². The first-order valence-corrected chi connectivity index (χ1v) is 6.20. The minimum atomic E-state index is -0.784. The second-order valence-corrected chi connectivity index (χ2v) is 4.31. The van der Waals surface area contributed by atoms with Gasteiger partial charge in [-0.3, -0.25) is 4.79 Å². The van der Waals surface area contributed by atoms with Crippen molar-refractivity contribution in [2.75, 3.05) is 6.61 Å². The monoisotopic (exact) mass is 304 g/mol. The molecule has 0 unspecified atom stereocenters. The molecule has 0 atom stereocenters. The lowest BCUT2D eigenvalue weighted by atomic mass is 10.0. The zero-order valence-corrected chi connectivity index (χ0v) is 11.8. The van der Waals surface area contributed by atoms with Gasteiger partial charge < -0.3 is 4.74 Å². The minimum Gasteiger partial charge on any atom is -0.462 e. The maximum absolute atomic E-state index is 13.4. The van der Waals surface area contributed by atoms with Crippen LogP contribution in [-0.4, -0.2) is 18.4 Å². The molecule has 1 aromatic rings. The number of ketones is 1. The third-order valence-electron chi connectivity index (χ3n) is 2.28. The number of allylic oxidation sites excluding steroid dienone is 1. The highest BCUT2D eigenvalue weighted by atomic mass is 35.5. The lowest BCUT2D eigenvalue weighted by Gasteiger charge is -2.08. The van der Waals surface area contributed by atoms with E-state index < -0.39 is 17.6 Å². The molecule has 6 heteroatoms. The van der Waals surface area contributed by atoms with Crippen LogP contribution in [0.4, 0.5) is 4.39 Å². The van der Waals surface area contributed by atoms with Crippen LogP contribution in [0.5, 0.6) is 0 Å². The zero-order valence-electron chi connectivity index (χ0n) is 10.3. The predicted octanol–water partition coefficient (Wildman–Crippen LogP) is 3.82. The fourth-order valence-corrected chi connectivity index (χ4v) is 1.86. The van der Waals surface area contributed by atoms with Gasteiger partial charge in [-0.25, -0.2) is 9.18 Å². The van der Waals surface area contributed by atoms with Gasteiger partial charge in [0, 0.05) is 5.56 Å². The Bertz CT molecular complexity index is 553. The Kier molecular flexibility index (Phi) is 5.51. The highest BCUT2D eigenvalue weighted by molar-refractivity contribution is 6.39. The molecule has 1 aromatic carbocycles. The molecule has 0 amide bonds. The smallest absolute Gasteiger partial charge is 0.341 e. The normalized spacial score (nSPS) is 11.3. The van der Waals surface area contributed by atoms with E-state index in [1.54, 1.807) is 6.92 Å². The summed E-state index contributed by atoms with van der Waals surface area (Å²) in [5.74, 6) is -2.27. The second kappa shape index (κ2) is 6.68. The van der Waals surface area contributed by atoms with Gasteiger partial charge in [0.1, 0.15) is 11.4 Å². The second-order valence-electron chi connectivity index (χ2n) is 3.50. The maximum atomic E-state index is 13.4. The number of benzene rings is 1. The maximum Gasteiger partial charge on any atom is 0.341 e. The molecule has 0 heterocycles. The van der Waals surface area contributed by atoms with Gasteiger partial charge in [0.2, 0.25) is 5.78 Å². The minimum absolute atomic E-state index is 0.0277. The first kappa shape index (κ1) is 15.7. The fourth-order valence-electron chi connectivity index (χ4n) is 1.39. The number of rotatable bonds is 4. The molecule has 0 radical (unpaired) electrons. The number of Topliss-reactive ketones (excluding diaryl/α,β-unsaturated/α-hetero) is 1. The van der Waals surface area contributed by atoms with Crippen LogP contribution in [0.2, 0.25) is 10.0 Å². The van der Waals surface area contributed by atoms with Crippen molar-refractivity contribution in [2.24, 2.45) is 0 Å². The molecular formula is C13H11Cl2FO3. The summed E-state index contributed by atoms with van der Waals surface area (Å²) in [6.45, 7) is 3.25. The van der Waals surface area contributed by atoms with Gasteiger partial charge >= 0.3 is 5.97 Å². The standard InChI is InChI=1S/C13H11Cl2FO3/c1-3-7(13(18)19-4-2)12(17)8-5-11(16)10(15)6-9(8)14/h3,5-6H,4H2,1-2H3/b7-3+. The Morgan fingerprint density at radius 2 is 1.95 bits per heavy atom. The summed E-state index contributed by atoms with van der Waals surface area (Å²) < 4.78 is 18.1. The van der Waals surface area contributed by atoms with E-state index in [1.807, 2.05) is 0 Å². The molecule has 19 heavy (non-hydrogen) atoms. The van der Waals surface area contributed by atoms with E-state index in [0.717, 1.165) is 12.1 Å². The Hall–Kier alpha value is -1.39. The summed E-state index contributed by atoms with van der Waals surface area (Å²) in [7, 11) is 0. The van der Waals surface area contributed by atoms with Gasteiger partial charge in [-0.05, 0) is 26.0 Å². The summed E-state index contributed by atoms with van der Waals surface area (Å²) in [6.07, 6.45) is 1.29. The van der Waals surface area contributed by atoms with Crippen LogP contribution in [0.3, 0.4) is 0 Å². The van der Waals surface area contributed by atoms with Crippen molar-refractivity contribution in [3.63, 3.8) is 0 Å². The molecule has 0 aliphatic rings. The predicted molar refractivity (Wildman–Crippen MR) is 71.1 cm³/mol.